The largest absolute Gasteiger partial charge is 0.458 e. The van der Waals surface area contributed by atoms with E-state index in [1.54, 1.807) is 12.2 Å². The van der Waals surface area contributed by atoms with Crippen LogP contribution < -0.4 is 4.74 Å². The van der Waals surface area contributed by atoms with E-state index in [1.807, 2.05) is 37.5 Å². The molecule has 5 rings (SSSR count). The van der Waals surface area contributed by atoms with Crippen molar-refractivity contribution in [2.45, 2.75) is 25.8 Å². The van der Waals surface area contributed by atoms with Crippen LogP contribution in [0.25, 0.3) is 22.2 Å². The van der Waals surface area contributed by atoms with Crippen molar-refractivity contribution in [2.75, 3.05) is 13.1 Å². The molecule has 0 atom stereocenters. The monoisotopic (exact) mass is 408 g/mol. The zero-order chi connectivity index (χ0) is 21.4. The summed E-state index contributed by atoms with van der Waals surface area (Å²) in [6.45, 7) is 4.34. The summed E-state index contributed by atoms with van der Waals surface area (Å²) >= 11 is 0. The maximum atomic E-state index is 5.90. The predicted molar refractivity (Wildman–Crippen MR) is 126 cm³/mol. The molecular formula is C25H25BN4O. The van der Waals surface area contributed by atoms with Gasteiger partial charge < -0.3 is 9.55 Å². The topological polar surface area (TPSA) is 43.2 Å². The first-order valence-corrected chi connectivity index (χ1v) is 10.7. The summed E-state index contributed by atoms with van der Waals surface area (Å²) in [6, 6.07) is 10.6. The van der Waals surface area contributed by atoms with Gasteiger partial charge in [0, 0.05) is 23.3 Å². The molecule has 31 heavy (non-hydrogen) atoms. The van der Waals surface area contributed by atoms with Crippen molar-refractivity contribution < 1.29 is 4.74 Å². The average molecular weight is 408 g/mol. The van der Waals surface area contributed by atoms with Gasteiger partial charge in [0.1, 0.15) is 17.2 Å². The second-order valence-electron chi connectivity index (χ2n) is 8.74. The third-order valence-electron chi connectivity index (χ3n) is 6.39. The van der Waals surface area contributed by atoms with Crippen LogP contribution in [0.4, 0.5) is 0 Å². The van der Waals surface area contributed by atoms with Gasteiger partial charge in [0.2, 0.25) is 0 Å². The second-order valence-corrected chi connectivity index (χ2v) is 8.74. The van der Waals surface area contributed by atoms with Crippen molar-refractivity contribution >= 4 is 18.9 Å². The first kappa shape index (κ1) is 19.7. The first-order chi connectivity index (χ1) is 15.1. The van der Waals surface area contributed by atoms with E-state index in [0.717, 1.165) is 27.9 Å². The summed E-state index contributed by atoms with van der Waals surface area (Å²) in [4.78, 5) is 6.76. The molecule has 1 saturated carbocycles. The van der Waals surface area contributed by atoms with E-state index in [2.05, 4.69) is 46.6 Å². The number of fused-ring (bicyclic) bond motifs is 1. The highest BCUT2D eigenvalue weighted by Crippen LogP contribution is 2.54. The van der Waals surface area contributed by atoms with Crippen LogP contribution in [0.5, 0.6) is 5.75 Å². The molecule has 0 bridgehead atoms. The lowest BCUT2D eigenvalue weighted by molar-refractivity contribution is -0.0483. The van der Waals surface area contributed by atoms with Crippen LogP contribution in [0.3, 0.4) is 0 Å². The highest BCUT2D eigenvalue weighted by Gasteiger charge is 2.51. The number of terminal acetylenes is 1. The number of ether oxygens (including phenoxy) is 1. The minimum atomic E-state index is 0.468. The summed E-state index contributed by atoms with van der Waals surface area (Å²) in [5, 5.41) is 6.14. The smallest absolute Gasteiger partial charge is 0.185 e. The molecule has 1 aromatic carbocycles. The van der Waals surface area contributed by atoms with Crippen LogP contribution in [0.2, 0.25) is 0 Å². The fourth-order valence-corrected chi connectivity index (χ4v) is 5.08. The number of hydrogen-bond acceptors (Lipinski definition) is 4. The van der Waals surface area contributed by atoms with E-state index < -0.39 is 0 Å². The third kappa shape index (κ3) is 3.56. The van der Waals surface area contributed by atoms with Crippen molar-refractivity contribution in [3.8, 4) is 29.4 Å². The van der Waals surface area contributed by atoms with Crippen LogP contribution >= 0.6 is 0 Å². The van der Waals surface area contributed by atoms with E-state index in [0.29, 0.717) is 17.2 Å². The van der Waals surface area contributed by atoms with Crippen molar-refractivity contribution in [1.82, 2.24) is 19.6 Å². The first-order valence-electron chi connectivity index (χ1n) is 10.7. The number of allylic oxidation sites excluding steroid dienone is 3. The average Bonchev–Trinajstić information content (AvgIpc) is 3.12. The molecule has 0 N–H and O–H groups in total. The summed E-state index contributed by atoms with van der Waals surface area (Å²) in [5.41, 5.74) is 3.71. The molecule has 0 amide bonds. The Kier molecular flexibility index (Phi) is 4.92. The molecule has 1 aliphatic heterocycles. The maximum Gasteiger partial charge on any atom is 0.185 e. The molecular weight excluding hydrogens is 383 g/mol. The van der Waals surface area contributed by atoms with E-state index in [4.69, 9.17) is 16.3 Å². The van der Waals surface area contributed by atoms with Gasteiger partial charge in [-0.05, 0) is 86.8 Å². The molecule has 3 aromatic rings. The summed E-state index contributed by atoms with van der Waals surface area (Å²) < 4.78 is 8.13. The number of hydrogen-bond donors (Lipinski definition) is 0. The molecule has 1 spiro atoms. The molecule has 6 heteroatoms. The van der Waals surface area contributed by atoms with Gasteiger partial charge in [0.05, 0.1) is 11.6 Å². The number of aromatic nitrogens is 3. The number of pyridine rings is 1. The van der Waals surface area contributed by atoms with Crippen LogP contribution in [0.1, 0.15) is 25.8 Å². The summed E-state index contributed by atoms with van der Waals surface area (Å²) in [6.07, 6.45) is 16.8. The highest BCUT2D eigenvalue weighted by atomic mass is 16.5. The quantitative estimate of drug-likeness (QED) is 0.279. The van der Waals surface area contributed by atoms with Gasteiger partial charge in [-0.1, -0.05) is 5.92 Å². The molecule has 1 aliphatic carbocycles. The van der Waals surface area contributed by atoms with E-state index in [9.17, 15) is 0 Å². The van der Waals surface area contributed by atoms with Crippen molar-refractivity contribution in [1.29, 1.82) is 0 Å². The number of nitrogens with zero attached hydrogens (tertiary/aromatic N) is 4. The third-order valence-corrected chi connectivity index (χ3v) is 6.39. The van der Waals surface area contributed by atoms with Crippen molar-refractivity contribution in [3.05, 3.63) is 66.7 Å². The normalized spacial score (nSPS) is 18.8. The minimum Gasteiger partial charge on any atom is -0.458 e. The molecule has 2 aromatic heterocycles. The van der Waals surface area contributed by atoms with Crippen molar-refractivity contribution in [2.24, 2.45) is 5.41 Å². The van der Waals surface area contributed by atoms with E-state index >= 15 is 0 Å². The lowest BCUT2D eigenvalue weighted by Gasteiger charge is -2.58. The van der Waals surface area contributed by atoms with Gasteiger partial charge in [-0.25, -0.2) is 0 Å². The zero-order valence-corrected chi connectivity index (χ0v) is 18.0. The molecule has 5 nitrogen and oxygen atoms in total. The maximum absolute atomic E-state index is 5.90. The Morgan fingerprint density at radius 2 is 2.03 bits per heavy atom. The Bertz CT molecular complexity index is 1200. The Morgan fingerprint density at radius 3 is 2.71 bits per heavy atom. The molecule has 3 heterocycles. The lowest BCUT2D eigenvalue weighted by Crippen LogP contribution is -2.61. The van der Waals surface area contributed by atoms with Gasteiger partial charge in [-0.2, -0.15) is 5.10 Å². The van der Waals surface area contributed by atoms with Gasteiger partial charge in [-0.15, -0.1) is 6.42 Å². The minimum absolute atomic E-state index is 0.468. The molecule has 0 unspecified atom stereocenters. The van der Waals surface area contributed by atoms with Crippen LogP contribution in [0.15, 0.2) is 66.7 Å². The van der Waals surface area contributed by atoms with Crippen molar-refractivity contribution in [3.63, 3.8) is 0 Å². The SMILES string of the molecule is BN1CC2(CC(n3nc(-c4ccc(OC(/C=C\C#C)=C/C)cc4)c4cnccc43)C2)C1. The van der Waals surface area contributed by atoms with Gasteiger partial charge >= 0.3 is 0 Å². The number of rotatable bonds is 5. The van der Waals surface area contributed by atoms with Gasteiger partial charge in [-0.3, -0.25) is 9.67 Å². The van der Waals surface area contributed by atoms with E-state index in [-0.39, 0.29) is 0 Å². The van der Waals surface area contributed by atoms with Gasteiger partial charge in [0.15, 0.2) is 7.98 Å². The Balaban J connectivity index is 1.41. The van der Waals surface area contributed by atoms with E-state index in [1.165, 1.54) is 25.9 Å². The predicted octanol–water partition coefficient (Wildman–Crippen LogP) is 3.76. The molecule has 154 valence electrons. The zero-order valence-electron chi connectivity index (χ0n) is 18.0. The summed E-state index contributed by atoms with van der Waals surface area (Å²) in [7, 11) is 2.20. The second kappa shape index (κ2) is 7.75. The number of benzene rings is 1. The highest BCUT2D eigenvalue weighted by molar-refractivity contribution is 6.05. The Hall–Kier alpha value is -3.30. The van der Waals surface area contributed by atoms with Gasteiger partial charge in [0.25, 0.3) is 0 Å². The Labute approximate surface area is 183 Å². The standard InChI is InChI=1S/C25H25BN4O/c1-3-5-6-20(4-2)31-21-9-7-18(8-10-21)24-22-15-27-12-11-23(22)30(28-24)19-13-25(14-19)16-29(26)17-25/h1,4-12,15,19H,13-14,16-17,26H2,2H3/b6-5-,20-4+. The molecule has 0 radical (unpaired) electrons. The van der Waals surface area contributed by atoms with Crippen LogP contribution in [-0.2, 0) is 0 Å². The Morgan fingerprint density at radius 1 is 1.26 bits per heavy atom. The molecule has 2 fully saturated rings. The molecule has 2 aliphatic rings. The lowest BCUT2D eigenvalue weighted by atomic mass is 9.60. The van der Waals surface area contributed by atoms with Crippen LogP contribution in [-0.4, -0.2) is 40.6 Å². The fraction of sp³-hybridized carbons (Fsp3) is 0.280. The molecule has 1 saturated heterocycles. The summed E-state index contributed by atoms with van der Waals surface area (Å²) in [5.74, 6) is 3.95. The fourth-order valence-electron chi connectivity index (χ4n) is 5.08. The van der Waals surface area contributed by atoms with Crippen LogP contribution in [0, 0.1) is 17.8 Å².